The van der Waals surface area contributed by atoms with Crippen molar-refractivity contribution in [1.82, 2.24) is 10.2 Å². The van der Waals surface area contributed by atoms with Crippen LogP contribution in [0.25, 0.3) is 0 Å². The van der Waals surface area contributed by atoms with Crippen molar-refractivity contribution in [3.8, 4) is 6.07 Å². The van der Waals surface area contributed by atoms with E-state index in [1.165, 1.54) is 0 Å². The van der Waals surface area contributed by atoms with Gasteiger partial charge in [-0.05, 0) is 32.0 Å². The maximum Gasteiger partial charge on any atom is 0.0961 e. The minimum atomic E-state index is 0.0222. The Morgan fingerprint density at radius 3 is 2.71 bits per heavy atom. The second-order valence-electron chi connectivity index (χ2n) is 3.42. The lowest BCUT2D eigenvalue weighted by molar-refractivity contribution is 0.393. The molecule has 0 fully saturated rings. The third kappa shape index (κ3) is 8.36. The summed E-state index contributed by atoms with van der Waals surface area (Å²) in [7, 11) is 4.08. The summed E-state index contributed by atoms with van der Waals surface area (Å²) in [6.07, 6.45) is 0.947. The van der Waals surface area contributed by atoms with Crippen molar-refractivity contribution in [3.63, 3.8) is 0 Å². The highest BCUT2D eigenvalue weighted by atomic mass is 32.2. The number of nitriles is 1. The van der Waals surface area contributed by atoms with E-state index in [1.807, 2.05) is 25.9 Å². The second kappa shape index (κ2) is 9.32. The molecule has 0 saturated heterocycles. The Kier molecular flexibility index (Phi) is 9.16. The fourth-order valence-electron chi connectivity index (χ4n) is 1.02. The van der Waals surface area contributed by atoms with Crippen molar-refractivity contribution in [3.05, 3.63) is 0 Å². The molecule has 4 heteroatoms. The molecule has 1 N–H and O–H groups in total. The van der Waals surface area contributed by atoms with Gasteiger partial charge in [0.1, 0.15) is 0 Å². The summed E-state index contributed by atoms with van der Waals surface area (Å²) in [6, 6.07) is 2.31. The molecule has 3 nitrogen and oxygen atoms in total. The van der Waals surface area contributed by atoms with E-state index in [-0.39, 0.29) is 6.04 Å². The molecule has 82 valence electrons. The van der Waals surface area contributed by atoms with E-state index >= 15 is 0 Å². The minimum Gasteiger partial charge on any atom is -0.308 e. The first-order valence-corrected chi connectivity index (χ1v) is 6.21. The van der Waals surface area contributed by atoms with Gasteiger partial charge in [0.25, 0.3) is 0 Å². The SMILES string of the molecule is CCSCCC(C#N)NCCN(C)C. The largest absolute Gasteiger partial charge is 0.308 e. The molecule has 0 heterocycles. The van der Waals surface area contributed by atoms with Crippen molar-refractivity contribution in [1.29, 1.82) is 5.26 Å². The maximum absolute atomic E-state index is 8.86. The van der Waals surface area contributed by atoms with Crippen LogP contribution in [0.1, 0.15) is 13.3 Å². The lowest BCUT2D eigenvalue weighted by atomic mass is 10.2. The molecule has 14 heavy (non-hydrogen) atoms. The van der Waals surface area contributed by atoms with Crippen molar-refractivity contribution < 1.29 is 0 Å². The van der Waals surface area contributed by atoms with Crippen LogP contribution < -0.4 is 5.32 Å². The first kappa shape index (κ1) is 13.8. The molecule has 0 aliphatic heterocycles. The van der Waals surface area contributed by atoms with Crippen LogP contribution in [0.5, 0.6) is 0 Å². The zero-order valence-electron chi connectivity index (χ0n) is 9.42. The third-order valence-corrected chi connectivity index (χ3v) is 2.79. The van der Waals surface area contributed by atoms with Gasteiger partial charge in [0, 0.05) is 13.1 Å². The quantitative estimate of drug-likeness (QED) is 0.617. The van der Waals surface area contributed by atoms with Crippen LogP contribution in [0.2, 0.25) is 0 Å². The van der Waals surface area contributed by atoms with Crippen LogP contribution in [0.3, 0.4) is 0 Å². The Balaban J connectivity index is 3.44. The van der Waals surface area contributed by atoms with Gasteiger partial charge in [0.2, 0.25) is 0 Å². The Labute approximate surface area is 91.8 Å². The van der Waals surface area contributed by atoms with E-state index in [0.717, 1.165) is 31.0 Å². The van der Waals surface area contributed by atoms with Crippen molar-refractivity contribution in [2.75, 3.05) is 38.7 Å². The van der Waals surface area contributed by atoms with Crippen molar-refractivity contribution in [2.45, 2.75) is 19.4 Å². The molecular formula is C10H21N3S. The molecule has 0 aromatic carbocycles. The molecule has 0 amide bonds. The van der Waals surface area contributed by atoms with Crippen LogP contribution >= 0.6 is 11.8 Å². The Morgan fingerprint density at radius 2 is 2.21 bits per heavy atom. The zero-order valence-corrected chi connectivity index (χ0v) is 10.2. The number of thioether (sulfide) groups is 1. The number of likely N-dealkylation sites (N-methyl/N-ethyl adjacent to an activating group) is 1. The number of nitrogens with one attached hydrogen (secondary N) is 1. The summed E-state index contributed by atoms with van der Waals surface area (Å²) in [5.74, 6) is 2.21. The van der Waals surface area contributed by atoms with Gasteiger partial charge in [-0.1, -0.05) is 6.92 Å². The van der Waals surface area contributed by atoms with Gasteiger partial charge in [-0.15, -0.1) is 0 Å². The molecule has 0 saturated carbocycles. The fourth-order valence-corrected chi connectivity index (χ4v) is 1.71. The summed E-state index contributed by atoms with van der Waals surface area (Å²) >= 11 is 1.89. The highest BCUT2D eigenvalue weighted by molar-refractivity contribution is 7.99. The summed E-state index contributed by atoms with van der Waals surface area (Å²) in [6.45, 7) is 4.02. The highest BCUT2D eigenvalue weighted by Crippen LogP contribution is 2.03. The second-order valence-corrected chi connectivity index (χ2v) is 4.82. The first-order valence-electron chi connectivity index (χ1n) is 5.06. The topological polar surface area (TPSA) is 39.1 Å². The monoisotopic (exact) mass is 215 g/mol. The van der Waals surface area contributed by atoms with Crippen molar-refractivity contribution in [2.24, 2.45) is 0 Å². The molecule has 0 aromatic heterocycles. The molecule has 0 bridgehead atoms. The van der Waals surface area contributed by atoms with Crippen LogP contribution in [-0.2, 0) is 0 Å². The summed E-state index contributed by atoms with van der Waals surface area (Å²) < 4.78 is 0. The van der Waals surface area contributed by atoms with E-state index < -0.39 is 0 Å². The highest BCUT2D eigenvalue weighted by Gasteiger charge is 2.05. The van der Waals surface area contributed by atoms with E-state index in [2.05, 4.69) is 23.2 Å². The molecule has 0 spiro atoms. The van der Waals surface area contributed by atoms with Gasteiger partial charge in [0.15, 0.2) is 0 Å². The molecule has 0 aromatic rings. The number of nitrogens with zero attached hydrogens (tertiary/aromatic N) is 2. The van der Waals surface area contributed by atoms with Crippen molar-refractivity contribution >= 4 is 11.8 Å². The Hall–Kier alpha value is -0.240. The smallest absolute Gasteiger partial charge is 0.0961 e. The lowest BCUT2D eigenvalue weighted by Crippen LogP contribution is -2.34. The zero-order chi connectivity index (χ0) is 10.8. The van der Waals surface area contributed by atoms with Gasteiger partial charge in [0.05, 0.1) is 12.1 Å². The van der Waals surface area contributed by atoms with Gasteiger partial charge in [-0.3, -0.25) is 0 Å². The average molecular weight is 215 g/mol. The standard InChI is InChI=1S/C10H21N3S/c1-4-14-8-5-10(9-11)12-6-7-13(2)3/h10,12H,4-8H2,1-3H3. The number of hydrogen-bond donors (Lipinski definition) is 1. The molecule has 1 unspecified atom stereocenters. The Bertz CT molecular complexity index is 165. The van der Waals surface area contributed by atoms with E-state index in [9.17, 15) is 0 Å². The molecular weight excluding hydrogens is 194 g/mol. The van der Waals surface area contributed by atoms with Crippen LogP contribution in [-0.4, -0.2) is 49.6 Å². The van der Waals surface area contributed by atoms with Gasteiger partial charge in [-0.2, -0.15) is 17.0 Å². The summed E-state index contributed by atoms with van der Waals surface area (Å²) in [5, 5.41) is 12.1. The van der Waals surface area contributed by atoms with Crippen LogP contribution in [0.15, 0.2) is 0 Å². The summed E-state index contributed by atoms with van der Waals surface area (Å²) in [5.41, 5.74) is 0. The average Bonchev–Trinajstić information content (AvgIpc) is 2.15. The van der Waals surface area contributed by atoms with E-state index in [4.69, 9.17) is 5.26 Å². The van der Waals surface area contributed by atoms with Crippen LogP contribution in [0.4, 0.5) is 0 Å². The molecule has 0 aliphatic rings. The normalized spacial score (nSPS) is 12.8. The molecule has 1 atom stereocenters. The van der Waals surface area contributed by atoms with Crippen LogP contribution in [0, 0.1) is 11.3 Å². The number of hydrogen-bond acceptors (Lipinski definition) is 4. The minimum absolute atomic E-state index is 0.0222. The van der Waals surface area contributed by atoms with Gasteiger partial charge < -0.3 is 10.2 Å². The molecule has 0 radical (unpaired) electrons. The lowest BCUT2D eigenvalue weighted by Gasteiger charge is -2.13. The van der Waals surface area contributed by atoms with E-state index in [1.54, 1.807) is 0 Å². The molecule has 0 rings (SSSR count). The number of rotatable bonds is 8. The predicted molar refractivity (Wildman–Crippen MR) is 63.6 cm³/mol. The fraction of sp³-hybridized carbons (Fsp3) is 0.900. The predicted octanol–water partition coefficient (Wildman–Crippen LogP) is 1.17. The van der Waals surface area contributed by atoms with E-state index in [0.29, 0.717) is 0 Å². The maximum atomic E-state index is 8.86. The first-order chi connectivity index (χ1) is 6.70. The van der Waals surface area contributed by atoms with Gasteiger partial charge in [-0.25, -0.2) is 0 Å². The third-order valence-electron chi connectivity index (χ3n) is 1.86. The molecule has 0 aliphatic carbocycles. The Morgan fingerprint density at radius 1 is 1.50 bits per heavy atom. The summed E-state index contributed by atoms with van der Waals surface area (Å²) in [4.78, 5) is 2.11. The van der Waals surface area contributed by atoms with Gasteiger partial charge >= 0.3 is 0 Å².